The van der Waals surface area contributed by atoms with Gasteiger partial charge in [0.05, 0.1) is 42.1 Å². The number of ether oxygens (including phenoxy) is 2. The fraction of sp³-hybridized carbons (Fsp3) is 0.185. The van der Waals surface area contributed by atoms with E-state index in [1.807, 2.05) is 26.0 Å². The first-order valence-electron chi connectivity index (χ1n) is 10.8. The number of hydrogen-bond acceptors (Lipinski definition) is 6. The number of amides is 1. The number of carbonyl (C=O) groups excluding carboxylic acids is 2. The van der Waals surface area contributed by atoms with E-state index in [9.17, 15) is 19.8 Å². The van der Waals surface area contributed by atoms with Crippen LogP contribution in [-0.4, -0.2) is 36.1 Å². The number of aliphatic hydroxyl groups is 1. The van der Waals surface area contributed by atoms with Crippen molar-refractivity contribution in [1.82, 2.24) is 0 Å². The number of phenols is 1. The van der Waals surface area contributed by atoms with Gasteiger partial charge in [-0.2, -0.15) is 0 Å². The van der Waals surface area contributed by atoms with E-state index in [2.05, 4.69) is 0 Å². The molecule has 0 aromatic heterocycles. The monoisotopic (exact) mass is 493 g/mol. The minimum Gasteiger partial charge on any atom is -0.507 e. The first kappa shape index (κ1) is 24.2. The highest BCUT2D eigenvalue weighted by molar-refractivity contribution is 6.52. The minimum absolute atomic E-state index is 0.127. The summed E-state index contributed by atoms with van der Waals surface area (Å²) in [5.74, 6) is -1.87. The van der Waals surface area contributed by atoms with Crippen LogP contribution in [0.5, 0.6) is 17.2 Å². The fourth-order valence-corrected chi connectivity index (χ4v) is 4.49. The second kappa shape index (κ2) is 9.35. The fourth-order valence-electron chi connectivity index (χ4n) is 4.25. The Kier molecular flexibility index (Phi) is 6.45. The standard InChI is InChI=1S/C27H24ClNO6/c1-14-6-5-7-16(10-14)24-23(25(31)17-12-18(28)22(35-4)13-21(17)34-3)26(32)27(33)29(24)19-11-15(2)8-9-20(19)30/h5-13,24,30-31H,1-4H3/b25-23+. The molecule has 1 aliphatic rings. The third-order valence-electron chi connectivity index (χ3n) is 5.92. The van der Waals surface area contributed by atoms with E-state index in [4.69, 9.17) is 21.1 Å². The van der Waals surface area contributed by atoms with Crippen molar-refractivity contribution in [3.8, 4) is 17.2 Å². The number of methoxy groups -OCH3 is 2. The minimum atomic E-state index is -1.01. The molecule has 8 heteroatoms. The summed E-state index contributed by atoms with van der Waals surface area (Å²) in [7, 11) is 2.85. The highest BCUT2D eigenvalue weighted by atomic mass is 35.5. The Morgan fingerprint density at radius 3 is 2.29 bits per heavy atom. The first-order valence-corrected chi connectivity index (χ1v) is 11.1. The molecule has 180 valence electrons. The number of anilines is 1. The van der Waals surface area contributed by atoms with Crippen molar-refractivity contribution in [3.63, 3.8) is 0 Å². The van der Waals surface area contributed by atoms with Gasteiger partial charge in [0, 0.05) is 6.07 Å². The lowest BCUT2D eigenvalue weighted by molar-refractivity contribution is -0.132. The molecule has 1 heterocycles. The number of aromatic hydroxyl groups is 1. The largest absolute Gasteiger partial charge is 0.507 e. The number of Topliss-reactive ketones (excluding diaryl/α,β-unsaturated/α-hetero) is 1. The second-order valence-electron chi connectivity index (χ2n) is 8.26. The summed E-state index contributed by atoms with van der Waals surface area (Å²) < 4.78 is 10.6. The lowest BCUT2D eigenvalue weighted by Crippen LogP contribution is -2.29. The summed E-state index contributed by atoms with van der Waals surface area (Å²) in [6, 6.07) is 13.9. The Bertz CT molecular complexity index is 1380. The third kappa shape index (κ3) is 4.19. The van der Waals surface area contributed by atoms with Gasteiger partial charge in [0.25, 0.3) is 11.7 Å². The molecule has 7 nitrogen and oxygen atoms in total. The Balaban J connectivity index is 2.03. The van der Waals surface area contributed by atoms with Crippen LogP contribution in [0, 0.1) is 13.8 Å². The van der Waals surface area contributed by atoms with Crippen molar-refractivity contribution in [2.75, 3.05) is 19.1 Å². The molecular formula is C27H24ClNO6. The van der Waals surface area contributed by atoms with Crippen molar-refractivity contribution in [2.24, 2.45) is 0 Å². The summed E-state index contributed by atoms with van der Waals surface area (Å²) in [5.41, 5.74) is 2.41. The van der Waals surface area contributed by atoms with Crippen molar-refractivity contribution >= 4 is 34.7 Å². The predicted octanol–water partition coefficient (Wildman–Crippen LogP) is 5.31. The molecule has 1 amide bonds. The SMILES string of the molecule is COc1cc(OC)c(/C(O)=C2\C(=O)C(=O)N(c3cc(C)ccc3O)C2c2cccc(C)c2)cc1Cl. The van der Waals surface area contributed by atoms with Crippen molar-refractivity contribution < 1.29 is 29.3 Å². The van der Waals surface area contributed by atoms with Crippen LogP contribution in [0.15, 0.2) is 60.2 Å². The van der Waals surface area contributed by atoms with Crippen LogP contribution in [0.3, 0.4) is 0 Å². The van der Waals surface area contributed by atoms with Gasteiger partial charge in [-0.1, -0.05) is 47.5 Å². The molecule has 0 spiro atoms. The number of aliphatic hydroxyl groups excluding tert-OH is 1. The van der Waals surface area contributed by atoms with Crippen molar-refractivity contribution in [2.45, 2.75) is 19.9 Å². The van der Waals surface area contributed by atoms with Gasteiger partial charge in [-0.05, 0) is 43.2 Å². The van der Waals surface area contributed by atoms with Gasteiger partial charge in [0.2, 0.25) is 0 Å². The molecule has 1 atom stereocenters. The Hall–Kier alpha value is -3.97. The topological polar surface area (TPSA) is 96.3 Å². The number of benzene rings is 3. The number of rotatable bonds is 5. The summed E-state index contributed by atoms with van der Waals surface area (Å²) in [6.45, 7) is 3.69. The van der Waals surface area contributed by atoms with Crippen LogP contribution < -0.4 is 14.4 Å². The Labute approximate surface area is 207 Å². The summed E-state index contributed by atoms with van der Waals surface area (Å²) >= 11 is 6.30. The second-order valence-corrected chi connectivity index (χ2v) is 8.67. The van der Waals surface area contributed by atoms with Gasteiger partial charge in [0.1, 0.15) is 23.0 Å². The number of nitrogens with zero attached hydrogens (tertiary/aromatic N) is 1. The normalized spacial score (nSPS) is 17.1. The van der Waals surface area contributed by atoms with Gasteiger partial charge in [-0.15, -0.1) is 0 Å². The zero-order valence-corrected chi connectivity index (χ0v) is 20.4. The molecule has 0 radical (unpaired) electrons. The van der Waals surface area contributed by atoms with Gasteiger partial charge < -0.3 is 19.7 Å². The molecule has 3 aromatic rings. The molecule has 4 rings (SSSR count). The highest BCUT2D eigenvalue weighted by Gasteiger charge is 2.48. The molecular weight excluding hydrogens is 470 g/mol. The molecule has 1 aliphatic heterocycles. The Morgan fingerprint density at radius 2 is 1.63 bits per heavy atom. The quantitative estimate of drug-likeness (QED) is 0.284. The molecule has 1 unspecified atom stereocenters. The number of ketones is 1. The maximum absolute atomic E-state index is 13.4. The van der Waals surface area contributed by atoms with E-state index in [1.54, 1.807) is 24.3 Å². The van der Waals surface area contributed by atoms with Gasteiger partial charge in [0.15, 0.2) is 0 Å². The van der Waals surface area contributed by atoms with Gasteiger partial charge in [-0.25, -0.2) is 0 Å². The third-order valence-corrected chi connectivity index (χ3v) is 6.22. The van der Waals surface area contributed by atoms with Crippen LogP contribution in [0.1, 0.15) is 28.3 Å². The van der Waals surface area contributed by atoms with E-state index in [1.165, 1.54) is 37.3 Å². The molecule has 35 heavy (non-hydrogen) atoms. The van der Waals surface area contributed by atoms with E-state index >= 15 is 0 Å². The van der Waals surface area contributed by atoms with Crippen molar-refractivity contribution in [1.29, 1.82) is 0 Å². The van der Waals surface area contributed by atoms with Crippen LogP contribution in [0.2, 0.25) is 5.02 Å². The molecule has 0 saturated carbocycles. The van der Waals surface area contributed by atoms with E-state index < -0.39 is 23.5 Å². The number of phenolic OH excluding ortho intramolecular Hbond substituents is 1. The predicted molar refractivity (Wildman–Crippen MR) is 133 cm³/mol. The van der Waals surface area contributed by atoms with Gasteiger partial charge in [-0.3, -0.25) is 14.5 Å². The molecule has 3 aromatic carbocycles. The van der Waals surface area contributed by atoms with Crippen LogP contribution >= 0.6 is 11.6 Å². The van der Waals surface area contributed by atoms with E-state index in [-0.39, 0.29) is 33.3 Å². The first-order chi connectivity index (χ1) is 16.7. The average molecular weight is 494 g/mol. The zero-order valence-electron chi connectivity index (χ0n) is 19.6. The van der Waals surface area contributed by atoms with E-state index in [0.29, 0.717) is 11.3 Å². The smallest absolute Gasteiger partial charge is 0.300 e. The maximum atomic E-state index is 13.4. The number of carbonyl (C=O) groups is 2. The molecule has 0 aliphatic carbocycles. The van der Waals surface area contributed by atoms with E-state index in [0.717, 1.165) is 11.1 Å². The molecule has 2 N–H and O–H groups in total. The number of aryl methyl sites for hydroxylation is 2. The lowest BCUT2D eigenvalue weighted by Gasteiger charge is -2.26. The number of halogens is 1. The zero-order chi connectivity index (χ0) is 25.4. The molecule has 1 saturated heterocycles. The summed E-state index contributed by atoms with van der Waals surface area (Å²) in [5, 5.41) is 22.2. The van der Waals surface area contributed by atoms with Crippen LogP contribution in [0.25, 0.3) is 5.76 Å². The van der Waals surface area contributed by atoms with Crippen LogP contribution in [-0.2, 0) is 9.59 Å². The number of hydrogen-bond donors (Lipinski definition) is 2. The van der Waals surface area contributed by atoms with Crippen LogP contribution in [0.4, 0.5) is 5.69 Å². The summed E-state index contributed by atoms with van der Waals surface area (Å²) in [6.07, 6.45) is 0. The maximum Gasteiger partial charge on any atom is 0.300 e. The highest BCUT2D eigenvalue weighted by Crippen LogP contribution is 2.46. The lowest BCUT2D eigenvalue weighted by atomic mass is 9.94. The average Bonchev–Trinajstić information content (AvgIpc) is 3.10. The summed E-state index contributed by atoms with van der Waals surface area (Å²) in [4.78, 5) is 27.9. The van der Waals surface area contributed by atoms with Gasteiger partial charge >= 0.3 is 0 Å². The molecule has 0 bridgehead atoms. The molecule has 1 fully saturated rings. The van der Waals surface area contributed by atoms with Crippen molar-refractivity contribution in [3.05, 3.63) is 87.4 Å². The Morgan fingerprint density at radius 1 is 0.943 bits per heavy atom.